The summed E-state index contributed by atoms with van der Waals surface area (Å²) in [5.74, 6) is 0. The first-order valence-electron chi connectivity index (χ1n) is 11.0. The summed E-state index contributed by atoms with van der Waals surface area (Å²) in [6.45, 7) is 3.37. The lowest BCUT2D eigenvalue weighted by atomic mass is 9.90. The van der Waals surface area contributed by atoms with E-state index in [0.29, 0.717) is 25.7 Å². The average molecular weight is 411 g/mol. The summed E-state index contributed by atoms with van der Waals surface area (Å²) in [5.41, 5.74) is 1.42. The van der Waals surface area contributed by atoms with E-state index >= 15 is 0 Å². The maximum atomic E-state index is 14.8. The van der Waals surface area contributed by atoms with Crippen LogP contribution in [0.3, 0.4) is 0 Å². The van der Waals surface area contributed by atoms with Crippen molar-refractivity contribution in [2.24, 2.45) is 0 Å². The number of rotatable bonds is 9. The number of hydrogen-bond donors (Lipinski definition) is 0. The highest BCUT2D eigenvalue weighted by Gasteiger charge is 2.50. The lowest BCUT2D eigenvalue weighted by molar-refractivity contribution is 0.300. The molecule has 2 fully saturated rings. The van der Waals surface area contributed by atoms with Crippen molar-refractivity contribution in [3.8, 4) is 6.07 Å². The van der Waals surface area contributed by atoms with Crippen LogP contribution in [0.25, 0.3) is 0 Å². The molecule has 0 N–H and O–H groups in total. The molecule has 0 aliphatic heterocycles. The summed E-state index contributed by atoms with van der Waals surface area (Å²) >= 11 is 0. The van der Waals surface area contributed by atoms with E-state index in [0.717, 1.165) is 49.0 Å². The van der Waals surface area contributed by atoms with Crippen LogP contribution in [0.15, 0.2) is 48.5 Å². The van der Waals surface area contributed by atoms with Gasteiger partial charge in [-0.05, 0) is 80.8 Å². The predicted molar refractivity (Wildman–Crippen MR) is 118 cm³/mol. The summed E-state index contributed by atoms with van der Waals surface area (Å²) in [7, 11) is 2.13. The molecular formula is C26H32F2N2. The molecule has 0 atom stereocenters. The first-order valence-corrected chi connectivity index (χ1v) is 11.0. The minimum Gasteiger partial charge on any atom is -0.306 e. The van der Waals surface area contributed by atoms with Gasteiger partial charge in [-0.15, -0.1) is 0 Å². The SMILES string of the molecule is CC#N.CN(CCCc1c(C2(F)CC2)cccc1C1(F)CC1)CCc1ccccc1. The van der Waals surface area contributed by atoms with Crippen molar-refractivity contribution in [3.05, 3.63) is 70.8 Å². The fourth-order valence-corrected chi connectivity index (χ4v) is 4.06. The summed E-state index contributed by atoms with van der Waals surface area (Å²) < 4.78 is 29.7. The monoisotopic (exact) mass is 410 g/mol. The zero-order valence-electron chi connectivity index (χ0n) is 18.1. The maximum Gasteiger partial charge on any atom is 0.136 e. The molecule has 0 bridgehead atoms. The number of likely N-dealkylation sites (N-methyl/N-ethyl adjacent to an activating group) is 1. The quantitative estimate of drug-likeness (QED) is 0.489. The Morgan fingerprint density at radius 3 is 1.90 bits per heavy atom. The fourth-order valence-electron chi connectivity index (χ4n) is 4.06. The fraction of sp³-hybridized carbons (Fsp3) is 0.500. The van der Waals surface area contributed by atoms with E-state index < -0.39 is 11.3 Å². The van der Waals surface area contributed by atoms with Crippen molar-refractivity contribution < 1.29 is 8.78 Å². The molecule has 0 saturated heterocycles. The average Bonchev–Trinajstić information content (AvgIpc) is 3.67. The van der Waals surface area contributed by atoms with Crippen LogP contribution < -0.4 is 0 Å². The van der Waals surface area contributed by atoms with Crippen molar-refractivity contribution in [2.75, 3.05) is 20.1 Å². The molecule has 4 rings (SSSR count). The first-order chi connectivity index (χ1) is 14.4. The Morgan fingerprint density at radius 1 is 0.867 bits per heavy atom. The first kappa shape index (κ1) is 22.4. The third kappa shape index (κ3) is 5.67. The van der Waals surface area contributed by atoms with Crippen LogP contribution in [0.4, 0.5) is 8.78 Å². The van der Waals surface area contributed by atoms with E-state index in [1.165, 1.54) is 12.5 Å². The van der Waals surface area contributed by atoms with Gasteiger partial charge in [-0.3, -0.25) is 0 Å². The van der Waals surface area contributed by atoms with Crippen molar-refractivity contribution in [2.45, 2.75) is 63.2 Å². The molecule has 2 nitrogen and oxygen atoms in total. The third-order valence-corrected chi connectivity index (χ3v) is 6.11. The van der Waals surface area contributed by atoms with Gasteiger partial charge in [0.05, 0.1) is 6.07 Å². The number of alkyl halides is 2. The largest absolute Gasteiger partial charge is 0.306 e. The molecule has 0 heterocycles. The van der Waals surface area contributed by atoms with Gasteiger partial charge in [0.15, 0.2) is 0 Å². The lowest BCUT2D eigenvalue weighted by Crippen LogP contribution is -2.23. The van der Waals surface area contributed by atoms with Gasteiger partial charge in [0.1, 0.15) is 11.3 Å². The molecule has 0 amide bonds. The molecule has 2 aliphatic carbocycles. The van der Waals surface area contributed by atoms with Crippen LogP contribution in [-0.4, -0.2) is 25.0 Å². The molecule has 0 radical (unpaired) electrons. The van der Waals surface area contributed by atoms with Crippen LogP contribution in [0.2, 0.25) is 0 Å². The molecule has 0 unspecified atom stereocenters. The van der Waals surface area contributed by atoms with Gasteiger partial charge in [0.2, 0.25) is 0 Å². The second kappa shape index (κ2) is 9.71. The van der Waals surface area contributed by atoms with Crippen molar-refractivity contribution in [3.63, 3.8) is 0 Å². The van der Waals surface area contributed by atoms with Gasteiger partial charge in [-0.25, -0.2) is 8.78 Å². The van der Waals surface area contributed by atoms with E-state index in [2.05, 4.69) is 36.2 Å². The molecule has 2 aromatic carbocycles. The zero-order chi connectivity index (χ0) is 21.6. The predicted octanol–water partition coefficient (Wildman–Crippen LogP) is 6.24. The van der Waals surface area contributed by atoms with Crippen molar-refractivity contribution in [1.29, 1.82) is 5.26 Å². The normalized spacial score (nSPS) is 17.6. The topological polar surface area (TPSA) is 27.0 Å². The third-order valence-electron chi connectivity index (χ3n) is 6.11. The van der Waals surface area contributed by atoms with Crippen LogP contribution in [-0.2, 0) is 24.2 Å². The second-order valence-corrected chi connectivity index (χ2v) is 8.63. The standard InChI is InChI=1S/C24H29F2N.C2H3N/c1-27(18-12-19-7-3-2-4-8-19)17-6-9-20-21(23(25)13-14-23)10-5-11-22(20)24(26)15-16-24;1-2-3/h2-5,7-8,10-11H,6,9,12-18H2,1H3;1H3. The Labute approximate surface area is 179 Å². The minimum atomic E-state index is -1.20. The van der Waals surface area contributed by atoms with Crippen LogP contribution in [0.1, 0.15) is 61.3 Å². The van der Waals surface area contributed by atoms with Gasteiger partial charge >= 0.3 is 0 Å². The molecule has 2 aromatic rings. The van der Waals surface area contributed by atoms with E-state index in [4.69, 9.17) is 5.26 Å². The van der Waals surface area contributed by atoms with Crippen LogP contribution in [0, 0.1) is 11.3 Å². The van der Waals surface area contributed by atoms with E-state index in [-0.39, 0.29) is 0 Å². The summed E-state index contributed by atoms with van der Waals surface area (Å²) in [6.07, 6.45) is 5.05. The van der Waals surface area contributed by atoms with Crippen molar-refractivity contribution in [1.82, 2.24) is 4.90 Å². The van der Waals surface area contributed by atoms with Gasteiger partial charge < -0.3 is 4.90 Å². The molecular weight excluding hydrogens is 378 g/mol. The minimum absolute atomic E-state index is 0.583. The highest BCUT2D eigenvalue weighted by molar-refractivity contribution is 5.46. The van der Waals surface area contributed by atoms with E-state index in [1.807, 2.05) is 24.3 Å². The van der Waals surface area contributed by atoms with Gasteiger partial charge in [0, 0.05) is 13.5 Å². The Morgan fingerprint density at radius 2 is 1.40 bits per heavy atom. The number of nitriles is 1. The molecule has 2 aliphatic rings. The molecule has 160 valence electrons. The van der Waals surface area contributed by atoms with Gasteiger partial charge in [-0.1, -0.05) is 48.5 Å². The van der Waals surface area contributed by atoms with E-state index in [1.54, 1.807) is 6.07 Å². The smallest absolute Gasteiger partial charge is 0.136 e. The summed E-state index contributed by atoms with van der Waals surface area (Å²) in [6, 6.07) is 17.9. The number of nitrogens with zero attached hydrogens (tertiary/aromatic N) is 2. The van der Waals surface area contributed by atoms with Gasteiger partial charge in [-0.2, -0.15) is 5.26 Å². The zero-order valence-corrected chi connectivity index (χ0v) is 18.1. The Kier molecular flexibility index (Phi) is 7.26. The summed E-state index contributed by atoms with van der Waals surface area (Å²) in [5, 5.41) is 7.32. The number of hydrogen-bond acceptors (Lipinski definition) is 2. The van der Waals surface area contributed by atoms with Crippen LogP contribution >= 0.6 is 0 Å². The number of benzene rings is 2. The molecule has 0 spiro atoms. The number of halogens is 2. The second-order valence-electron chi connectivity index (χ2n) is 8.63. The highest BCUT2D eigenvalue weighted by atomic mass is 19.1. The Hall–Kier alpha value is -2.25. The Bertz CT molecular complexity index is 828. The molecule has 2 saturated carbocycles. The maximum absolute atomic E-state index is 14.8. The molecule has 0 aromatic heterocycles. The summed E-state index contributed by atoms with van der Waals surface area (Å²) in [4.78, 5) is 2.32. The van der Waals surface area contributed by atoms with Crippen molar-refractivity contribution >= 4 is 0 Å². The Balaban J connectivity index is 0.000000806. The van der Waals surface area contributed by atoms with Gasteiger partial charge in [0.25, 0.3) is 0 Å². The molecule has 4 heteroatoms. The van der Waals surface area contributed by atoms with Crippen LogP contribution in [0.5, 0.6) is 0 Å². The van der Waals surface area contributed by atoms with E-state index in [9.17, 15) is 8.78 Å². The highest BCUT2D eigenvalue weighted by Crippen LogP contribution is 2.55. The lowest BCUT2D eigenvalue weighted by Gasteiger charge is -2.21. The molecule has 30 heavy (non-hydrogen) atoms.